The molecule has 0 unspecified atom stereocenters. The van der Waals surface area contributed by atoms with Crippen molar-refractivity contribution in [1.82, 2.24) is 0 Å². The molecular formula is C19H18FN3O4. The van der Waals surface area contributed by atoms with E-state index in [0.29, 0.717) is 5.69 Å². The van der Waals surface area contributed by atoms with Gasteiger partial charge in [-0.05, 0) is 56.2 Å². The van der Waals surface area contributed by atoms with Crippen molar-refractivity contribution in [2.24, 2.45) is 11.1 Å². The van der Waals surface area contributed by atoms with Gasteiger partial charge in [0.1, 0.15) is 5.75 Å². The molecule has 0 atom stereocenters. The summed E-state index contributed by atoms with van der Waals surface area (Å²) in [5.74, 6) is -2.38. The summed E-state index contributed by atoms with van der Waals surface area (Å²) in [4.78, 5) is 24.2. The SMILES string of the molecule is CC1(C(=O)Oc2ccc(F)c(OC(=O)c3ccc(NC(=N)N)cc3)c2)CC1. The highest BCUT2D eigenvalue weighted by atomic mass is 19.1. The first-order valence-corrected chi connectivity index (χ1v) is 8.22. The molecule has 8 heteroatoms. The van der Waals surface area contributed by atoms with Gasteiger partial charge in [-0.2, -0.15) is 0 Å². The van der Waals surface area contributed by atoms with Gasteiger partial charge in [-0.3, -0.25) is 10.2 Å². The zero-order valence-corrected chi connectivity index (χ0v) is 14.5. The molecule has 0 heterocycles. The lowest BCUT2D eigenvalue weighted by Crippen LogP contribution is -2.20. The minimum Gasteiger partial charge on any atom is -0.426 e. The van der Waals surface area contributed by atoms with E-state index in [0.717, 1.165) is 18.9 Å². The second-order valence-electron chi connectivity index (χ2n) is 6.55. The van der Waals surface area contributed by atoms with E-state index >= 15 is 0 Å². The Labute approximate surface area is 154 Å². The van der Waals surface area contributed by atoms with Crippen molar-refractivity contribution in [2.75, 3.05) is 5.32 Å². The van der Waals surface area contributed by atoms with Gasteiger partial charge in [0.15, 0.2) is 17.5 Å². The van der Waals surface area contributed by atoms with Crippen molar-refractivity contribution in [1.29, 1.82) is 5.41 Å². The van der Waals surface area contributed by atoms with Crippen molar-refractivity contribution in [2.45, 2.75) is 19.8 Å². The van der Waals surface area contributed by atoms with Crippen LogP contribution in [-0.2, 0) is 4.79 Å². The van der Waals surface area contributed by atoms with E-state index in [2.05, 4.69) is 5.32 Å². The van der Waals surface area contributed by atoms with E-state index in [-0.39, 0.29) is 29.0 Å². The van der Waals surface area contributed by atoms with Crippen LogP contribution in [0.3, 0.4) is 0 Å². The molecule has 0 spiro atoms. The number of rotatable bonds is 5. The summed E-state index contributed by atoms with van der Waals surface area (Å²) < 4.78 is 24.3. The number of hydrogen-bond acceptors (Lipinski definition) is 5. The van der Waals surface area contributed by atoms with Gasteiger partial charge in [0.05, 0.1) is 11.0 Å². The first kappa shape index (κ1) is 18.4. The lowest BCUT2D eigenvalue weighted by atomic mass is 10.1. The molecule has 0 aromatic heterocycles. The predicted molar refractivity (Wildman–Crippen MR) is 96.3 cm³/mol. The molecule has 2 aromatic carbocycles. The summed E-state index contributed by atoms with van der Waals surface area (Å²) in [6, 6.07) is 9.50. The number of anilines is 1. The van der Waals surface area contributed by atoms with Gasteiger partial charge >= 0.3 is 11.9 Å². The number of halogens is 1. The van der Waals surface area contributed by atoms with Crippen LogP contribution in [0.2, 0.25) is 0 Å². The predicted octanol–water partition coefficient (Wildman–Crippen LogP) is 3.06. The third-order valence-electron chi connectivity index (χ3n) is 4.21. The lowest BCUT2D eigenvalue weighted by molar-refractivity contribution is -0.139. The molecule has 3 rings (SSSR count). The summed E-state index contributed by atoms with van der Waals surface area (Å²) in [6.45, 7) is 1.80. The van der Waals surface area contributed by atoms with E-state index < -0.39 is 17.2 Å². The van der Waals surface area contributed by atoms with Crippen LogP contribution >= 0.6 is 0 Å². The number of hydrogen-bond donors (Lipinski definition) is 3. The number of guanidine groups is 1. The minimum absolute atomic E-state index is 0.110. The average molecular weight is 371 g/mol. The molecule has 0 bridgehead atoms. The van der Waals surface area contributed by atoms with Crippen molar-refractivity contribution in [3.05, 3.63) is 53.8 Å². The number of esters is 2. The zero-order chi connectivity index (χ0) is 19.6. The Bertz CT molecular complexity index is 908. The van der Waals surface area contributed by atoms with E-state index in [1.54, 1.807) is 6.92 Å². The highest BCUT2D eigenvalue weighted by Crippen LogP contribution is 2.46. The molecule has 0 saturated heterocycles. The monoisotopic (exact) mass is 371 g/mol. The maximum Gasteiger partial charge on any atom is 0.343 e. The highest BCUT2D eigenvalue weighted by Gasteiger charge is 2.46. The third kappa shape index (κ3) is 4.41. The minimum atomic E-state index is -0.777. The number of nitrogens with one attached hydrogen (secondary N) is 2. The smallest absolute Gasteiger partial charge is 0.343 e. The Morgan fingerprint density at radius 1 is 1.15 bits per heavy atom. The fourth-order valence-corrected chi connectivity index (χ4v) is 2.25. The summed E-state index contributed by atoms with van der Waals surface area (Å²) >= 11 is 0. The van der Waals surface area contributed by atoms with Gasteiger partial charge in [-0.25, -0.2) is 9.18 Å². The fraction of sp³-hybridized carbons (Fsp3) is 0.211. The number of carbonyl (C=O) groups is 2. The second-order valence-corrected chi connectivity index (χ2v) is 6.55. The van der Waals surface area contributed by atoms with Crippen molar-refractivity contribution in [3.63, 3.8) is 0 Å². The van der Waals surface area contributed by atoms with E-state index in [1.807, 2.05) is 0 Å². The van der Waals surface area contributed by atoms with Crippen LogP contribution in [0, 0.1) is 16.6 Å². The van der Waals surface area contributed by atoms with Crippen molar-refractivity contribution >= 4 is 23.6 Å². The number of ether oxygens (including phenoxy) is 2. The molecular weight excluding hydrogens is 353 g/mol. The van der Waals surface area contributed by atoms with Crippen LogP contribution in [-0.4, -0.2) is 17.9 Å². The van der Waals surface area contributed by atoms with Crippen LogP contribution in [0.5, 0.6) is 11.5 Å². The molecule has 27 heavy (non-hydrogen) atoms. The molecule has 140 valence electrons. The summed E-state index contributed by atoms with van der Waals surface area (Å²) in [5.41, 5.74) is 5.44. The first-order chi connectivity index (χ1) is 12.8. The topological polar surface area (TPSA) is 114 Å². The molecule has 1 saturated carbocycles. The maximum atomic E-state index is 14.0. The molecule has 1 aliphatic carbocycles. The highest BCUT2D eigenvalue weighted by molar-refractivity contribution is 5.93. The number of carbonyl (C=O) groups excluding carboxylic acids is 2. The molecule has 4 N–H and O–H groups in total. The van der Waals surface area contributed by atoms with Crippen LogP contribution in [0.15, 0.2) is 42.5 Å². The summed E-state index contributed by atoms with van der Waals surface area (Å²) in [5, 5.41) is 9.72. The van der Waals surface area contributed by atoms with Crippen LogP contribution in [0.4, 0.5) is 10.1 Å². The normalized spacial score (nSPS) is 14.1. The first-order valence-electron chi connectivity index (χ1n) is 8.22. The number of nitrogens with two attached hydrogens (primary N) is 1. The molecule has 0 aliphatic heterocycles. The van der Waals surface area contributed by atoms with E-state index in [1.165, 1.54) is 36.4 Å². The molecule has 1 aliphatic rings. The van der Waals surface area contributed by atoms with Gasteiger partial charge in [0, 0.05) is 11.8 Å². The van der Waals surface area contributed by atoms with Gasteiger partial charge in [-0.1, -0.05) is 0 Å². The van der Waals surface area contributed by atoms with E-state index in [9.17, 15) is 14.0 Å². The molecule has 7 nitrogen and oxygen atoms in total. The van der Waals surface area contributed by atoms with Crippen LogP contribution < -0.4 is 20.5 Å². The molecule has 2 aromatic rings. The number of benzene rings is 2. The maximum absolute atomic E-state index is 14.0. The largest absolute Gasteiger partial charge is 0.426 e. The van der Waals surface area contributed by atoms with Gasteiger partial charge in [0.25, 0.3) is 0 Å². The van der Waals surface area contributed by atoms with Gasteiger partial charge in [-0.15, -0.1) is 0 Å². The molecule has 0 radical (unpaired) electrons. The molecule has 0 amide bonds. The van der Waals surface area contributed by atoms with E-state index in [4.69, 9.17) is 20.6 Å². The quantitative estimate of drug-likeness (QED) is 0.322. The van der Waals surface area contributed by atoms with Gasteiger partial charge < -0.3 is 20.5 Å². The molecule has 1 fully saturated rings. The fourth-order valence-electron chi connectivity index (χ4n) is 2.25. The lowest BCUT2D eigenvalue weighted by Gasteiger charge is -2.11. The Kier molecular flexibility index (Phi) is 4.81. The summed E-state index contributed by atoms with van der Waals surface area (Å²) in [7, 11) is 0. The van der Waals surface area contributed by atoms with Crippen molar-refractivity contribution in [3.8, 4) is 11.5 Å². The van der Waals surface area contributed by atoms with Crippen molar-refractivity contribution < 1.29 is 23.5 Å². The Morgan fingerprint density at radius 3 is 2.41 bits per heavy atom. The standard InChI is InChI=1S/C19H18FN3O4/c1-19(8-9-19)17(25)26-13-6-7-14(20)15(10-13)27-16(24)11-2-4-12(5-3-11)23-18(21)22/h2-7,10H,8-9H2,1H3,(H4,21,22,23). The summed E-state index contributed by atoms with van der Waals surface area (Å²) in [6.07, 6.45) is 1.51. The average Bonchev–Trinajstić information content (AvgIpc) is 3.37. The Hall–Kier alpha value is -3.42. The third-order valence-corrected chi connectivity index (χ3v) is 4.21. The van der Waals surface area contributed by atoms with Crippen LogP contribution in [0.1, 0.15) is 30.1 Å². The van der Waals surface area contributed by atoms with Gasteiger partial charge in [0.2, 0.25) is 0 Å². The Balaban J connectivity index is 1.70. The Morgan fingerprint density at radius 2 is 1.81 bits per heavy atom. The zero-order valence-electron chi connectivity index (χ0n) is 14.5. The second kappa shape index (κ2) is 7.06. The van der Waals surface area contributed by atoms with Crippen LogP contribution in [0.25, 0.3) is 0 Å².